The van der Waals surface area contributed by atoms with Crippen molar-refractivity contribution in [1.29, 1.82) is 0 Å². The van der Waals surface area contributed by atoms with Crippen LogP contribution in [0.4, 0.5) is 0 Å². The van der Waals surface area contributed by atoms with Crippen molar-refractivity contribution in [2.24, 2.45) is 0 Å². The summed E-state index contributed by atoms with van der Waals surface area (Å²) in [5.41, 5.74) is 1.05. The Kier molecular flexibility index (Phi) is 4.00. The normalized spacial score (nSPS) is 22.6. The van der Waals surface area contributed by atoms with Gasteiger partial charge in [-0.05, 0) is 25.3 Å². The average molecular weight is 319 g/mol. The molecule has 6 nitrogen and oxygen atoms in total. The number of aromatic nitrogens is 1. The lowest BCUT2D eigenvalue weighted by Gasteiger charge is -2.38. The van der Waals surface area contributed by atoms with Gasteiger partial charge in [0.1, 0.15) is 0 Å². The van der Waals surface area contributed by atoms with Gasteiger partial charge in [0, 0.05) is 23.2 Å². The molecule has 1 aromatic heterocycles. The molecule has 6 heteroatoms. The quantitative estimate of drug-likeness (QED) is 0.795. The first kappa shape index (κ1) is 15.8. The zero-order chi connectivity index (χ0) is 16.7. The van der Waals surface area contributed by atoms with Crippen LogP contribution in [-0.4, -0.2) is 30.7 Å². The lowest BCUT2D eigenvalue weighted by atomic mass is 9.84. The Morgan fingerprint density at radius 1 is 1.30 bits per heavy atom. The van der Waals surface area contributed by atoms with Crippen LogP contribution in [0.1, 0.15) is 72.1 Å². The van der Waals surface area contributed by atoms with Crippen LogP contribution in [0.15, 0.2) is 10.9 Å². The highest BCUT2D eigenvalue weighted by Crippen LogP contribution is 2.50. The highest BCUT2D eigenvalue weighted by Gasteiger charge is 2.44. The van der Waals surface area contributed by atoms with Crippen molar-refractivity contribution in [3.63, 3.8) is 0 Å². The van der Waals surface area contributed by atoms with E-state index in [1.54, 1.807) is 17.6 Å². The van der Waals surface area contributed by atoms with Crippen molar-refractivity contribution in [2.75, 3.05) is 14.2 Å². The van der Waals surface area contributed by atoms with E-state index >= 15 is 0 Å². The Labute approximate surface area is 134 Å². The number of ether oxygens (including phenoxy) is 2. The summed E-state index contributed by atoms with van der Waals surface area (Å²) >= 11 is 0. The first-order valence-corrected chi connectivity index (χ1v) is 8.00. The number of methoxy groups -OCH3 is 2. The molecule has 3 rings (SSSR count). The SMILES string of the molecule is CCC(C(=O)OC)c1c(C(=O)OC)cc2n(c1=O)C1CCCC21. The zero-order valence-corrected chi connectivity index (χ0v) is 13.6. The van der Waals surface area contributed by atoms with Gasteiger partial charge in [0.25, 0.3) is 5.56 Å². The molecule has 1 aromatic rings. The van der Waals surface area contributed by atoms with Gasteiger partial charge in [-0.1, -0.05) is 13.3 Å². The molecule has 2 heterocycles. The van der Waals surface area contributed by atoms with Gasteiger partial charge in [0.15, 0.2) is 0 Å². The Bertz CT molecular complexity index is 720. The third kappa shape index (κ3) is 2.19. The number of carbonyl (C=O) groups excluding carboxylic acids is 2. The molecule has 1 aliphatic carbocycles. The highest BCUT2D eigenvalue weighted by molar-refractivity contribution is 5.93. The molecule has 0 bridgehead atoms. The Hall–Kier alpha value is -2.11. The number of nitrogens with zero attached hydrogens (tertiary/aromatic N) is 1. The van der Waals surface area contributed by atoms with Crippen molar-refractivity contribution in [2.45, 2.75) is 50.5 Å². The largest absolute Gasteiger partial charge is 0.469 e. The second kappa shape index (κ2) is 5.83. The Morgan fingerprint density at radius 3 is 2.65 bits per heavy atom. The fourth-order valence-corrected chi connectivity index (χ4v) is 4.04. The van der Waals surface area contributed by atoms with E-state index in [0.29, 0.717) is 12.3 Å². The fourth-order valence-electron chi connectivity index (χ4n) is 4.04. The van der Waals surface area contributed by atoms with Crippen molar-refractivity contribution in [3.05, 3.63) is 33.2 Å². The third-order valence-electron chi connectivity index (χ3n) is 5.15. The van der Waals surface area contributed by atoms with Crippen molar-refractivity contribution >= 4 is 11.9 Å². The molecule has 0 amide bonds. The summed E-state index contributed by atoms with van der Waals surface area (Å²) in [6.07, 6.45) is 3.48. The molecule has 3 atom stereocenters. The third-order valence-corrected chi connectivity index (χ3v) is 5.15. The van der Waals surface area contributed by atoms with Crippen LogP contribution in [0.3, 0.4) is 0 Å². The molecule has 0 radical (unpaired) electrons. The average Bonchev–Trinajstić information content (AvgIpc) is 2.96. The summed E-state index contributed by atoms with van der Waals surface area (Å²) in [4.78, 5) is 37.2. The van der Waals surface area contributed by atoms with Crippen molar-refractivity contribution in [3.8, 4) is 0 Å². The summed E-state index contributed by atoms with van der Waals surface area (Å²) in [6, 6.07) is 1.94. The van der Waals surface area contributed by atoms with Crippen LogP contribution in [0, 0.1) is 0 Å². The summed E-state index contributed by atoms with van der Waals surface area (Å²) in [6.45, 7) is 1.80. The van der Waals surface area contributed by atoms with Crippen LogP contribution >= 0.6 is 0 Å². The molecule has 0 aromatic carbocycles. The van der Waals surface area contributed by atoms with Gasteiger partial charge in [-0.15, -0.1) is 0 Å². The topological polar surface area (TPSA) is 74.6 Å². The van der Waals surface area contributed by atoms with Gasteiger partial charge in [-0.3, -0.25) is 9.59 Å². The minimum Gasteiger partial charge on any atom is -0.469 e. The number of esters is 2. The number of carbonyl (C=O) groups is 2. The van der Waals surface area contributed by atoms with Crippen LogP contribution < -0.4 is 5.56 Å². The number of pyridine rings is 1. The van der Waals surface area contributed by atoms with E-state index in [1.165, 1.54) is 14.2 Å². The Balaban J connectivity index is 2.21. The van der Waals surface area contributed by atoms with E-state index in [1.807, 2.05) is 0 Å². The molecule has 1 aliphatic heterocycles. The molecule has 2 aliphatic rings. The molecule has 1 saturated carbocycles. The number of fused-ring (bicyclic) bond motifs is 4. The van der Waals surface area contributed by atoms with Crippen LogP contribution in [-0.2, 0) is 14.3 Å². The molecule has 0 saturated heterocycles. The maximum absolute atomic E-state index is 13.0. The summed E-state index contributed by atoms with van der Waals surface area (Å²) in [5.74, 6) is -1.49. The first-order chi connectivity index (χ1) is 11.0. The number of hydrogen-bond donors (Lipinski definition) is 0. The second-order valence-electron chi connectivity index (χ2n) is 6.15. The minimum absolute atomic E-state index is 0.200. The van der Waals surface area contributed by atoms with Gasteiger partial charge in [-0.25, -0.2) is 4.79 Å². The van der Waals surface area contributed by atoms with Crippen LogP contribution in [0.5, 0.6) is 0 Å². The Morgan fingerprint density at radius 2 is 2.04 bits per heavy atom. The van der Waals surface area contributed by atoms with Gasteiger partial charge in [0.2, 0.25) is 0 Å². The lowest BCUT2D eigenvalue weighted by molar-refractivity contribution is -0.142. The van der Waals surface area contributed by atoms with Crippen LogP contribution in [0.2, 0.25) is 0 Å². The van der Waals surface area contributed by atoms with E-state index in [-0.39, 0.29) is 22.7 Å². The molecular weight excluding hydrogens is 298 g/mol. The molecule has 0 spiro atoms. The molecule has 1 fully saturated rings. The standard InChI is InChI=1S/C17H21NO5/c1-4-9(16(20)22-2)14-11(17(21)23-3)8-13-10-6-5-7-12(10)18(13)15(14)19/h8-10,12H,4-7H2,1-3H3. The number of hydrogen-bond acceptors (Lipinski definition) is 5. The predicted molar refractivity (Wildman–Crippen MR) is 82.7 cm³/mol. The van der Waals surface area contributed by atoms with E-state index in [0.717, 1.165) is 25.0 Å². The monoisotopic (exact) mass is 319 g/mol. The zero-order valence-electron chi connectivity index (χ0n) is 13.6. The fraction of sp³-hybridized carbons (Fsp3) is 0.588. The minimum atomic E-state index is -0.750. The molecule has 23 heavy (non-hydrogen) atoms. The summed E-state index contributed by atoms with van der Waals surface area (Å²) < 4.78 is 11.4. The van der Waals surface area contributed by atoms with E-state index in [9.17, 15) is 14.4 Å². The van der Waals surface area contributed by atoms with Crippen LogP contribution in [0.25, 0.3) is 0 Å². The number of rotatable bonds is 4. The molecule has 3 unspecified atom stereocenters. The van der Waals surface area contributed by atoms with E-state index < -0.39 is 17.9 Å². The van der Waals surface area contributed by atoms with Gasteiger partial charge < -0.3 is 14.0 Å². The lowest BCUT2D eigenvalue weighted by Crippen LogP contribution is -2.43. The first-order valence-electron chi connectivity index (χ1n) is 8.00. The smallest absolute Gasteiger partial charge is 0.338 e. The van der Waals surface area contributed by atoms with Gasteiger partial charge in [0.05, 0.1) is 25.7 Å². The molecule has 124 valence electrons. The molecule has 0 N–H and O–H groups in total. The van der Waals surface area contributed by atoms with E-state index in [2.05, 4.69) is 0 Å². The van der Waals surface area contributed by atoms with Crippen molar-refractivity contribution < 1.29 is 19.1 Å². The maximum atomic E-state index is 13.0. The second-order valence-corrected chi connectivity index (χ2v) is 6.15. The summed E-state index contributed by atoms with van der Waals surface area (Å²) in [7, 11) is 2.56. The summed E-state index contributed by atoms with van der Waals surface area (Å²) in [5, 5.41) is 0. The van der Waals surface area contributed by atoms with Crippen molar-refractivity contribution in [1.82, 2.24) is 4.57 Å². The predicted octanol–water partition coefficient (Wildman–Crippen LogP) is 2.12. The van der Waals surface area contributed by atoms with Gasteiger partial charge >= 0.3 is 11.9 Å². The van der Waals surface area contributed by atoms with Gasteiger partial charge in [-0.2, -0.15) is 0 Å². The van der Waals surface area contributed by atoms with E-state index in [4.69, 9.17) is 9.47 Å². The molecular formula is C17H21NO5. The highest BCUT2D eigenvalue weighted by atomic mass is 16.5. The maximum Gasteiger partial charge on any atom is 0.338 e.